The minimum Gasteiger partial charge on any atom is -0.306 e. The number of halogens is 3. The van der Waals surface area contributed by atoms with Crippen LogP contribution in [0.4, 0.5) is 5.69 Å². The van der Waals surface area contributed by atoms with Gasteiger partial charge in [-0.15, -0.1) is 11.6 Å². The summed E-state index contributed by atoms with van der Waals surface area (Å²) in [5.41, 5.74) is 0.434. The van der Waals surface area contributed by atoms with E-state index in [9.17, 15) is 13.2 Å². The van der Waals surface area contributed by atoms with Gasteiger partial charge in [-0.05, 0) is 24.6 Å². The van der Waals surface area contributed by atoms with Crippen molar-refractivity contribution >= 4 is 56.2 Å². The summed E-state index contributed by atoms with van der Waals surface area (Å²) >= 11 is 17.6. The number of carbonyl (C=O) groups excluding carboxylic acids is 1. The number of nitrogens with zero attached hydrogens (tertiary/aromatic N) is 1. The molecule has 1 amide bonds. The average Bonchev–Trinajstić information content (AvgIpc) is 2.72. The highest BCUT2D eigenvalue weighted by molar-refractivity contribution is 7.91. The molecule has 20 heavy (non-hydrogen) atoms. The molecule has 110 valence electrons. The Balaban J connectivity index is 2.40. The largest absolute Gasteiger partial charge is 0.306 e. The third-order valence-corrected chi connectivity index (χ3v) is 5.64. The van der Waals surface area contributed by atoms with Gasteiger partial charge in [-0.1, -0.05) is 23.2 Å². The van der Waals surface area contributed by atoms with E-state index in [1.807, 2.05) is 0 Å². The summed E-state index contributed by atoms with van der Waals surface area (Å²) in [6.45, 7) is 0. The van der Waals surface area contributed by atoms with Crippen molar-refractivity contribution in [2.45, 2.75) is 12.5 Å². The van der Waals surface area contributed by atoms with Gasteiger partial charge in [0.05, 0.1) is 28.3 Å². The predicted molar refractivity (Wildman–Crippen MR) is 81.7 cm³/mol. The van der Waals surface area contributed by atoms with E-state index in [2.05, 4.69) is 0 Å². The van der Waals surface area contributed by atoms with Crippen LogP contribution in [0.1, 0.15) is 6.42 Å². The molecule has 0 N–H and O–H groups in total. The van der Waals surface area contributed by atoms with E-state index in [0.29, 0.717) is 22.2 Å². The molecule has 0 spiro atoms. The van der Waals surface area contributed by atoms with E-state index in [-0.39, 0.29) is 23.3 Å². The molecule has 1 aliphatic rings. The van der Waals surface area contributed by atoms with Crippen LogP contribution in [0.5, 0.6) is 0 Å². The molecule has 0 radical (unpaired) electrons. The van der Waals surface area contributed by atoms with Crippen LogP contribution in [-0.4, -0.2) is 37.8 Å². The maximum absolute atomic E-state index is 12.1. The molecule has 0 aliphatic carbocycles. The van der Waals surface area contributed by atoms with Crippen molar-refractivity contribution in [3.05, 3.63) is 28.2 Å². The lowest BCUT2D eigenvalue weighted by molar-refractivity contribution is -0.116. The second-order valence-corrected chi connectivity index (χ2v) is 7.89. The van der Waals surface area contributed by atoms with Crippen LogP contribution in [0.25, 0.3) is 0 Å². The number of rotatable bonds is 3. The van der Waals surface area contributed by atoms with E-state index >= 15 is 0 Å². The number of benzene rings is 1. The zero-order valence-electron chi connectivity index (χ0n) is 10.4. The van der Waals surface area contributed by atoms with Crippen LogP contribution in [0.3, 0.4) is 0 Å². The SMILES string of the molecule is O=C(CCl)N(c1ccc(Cl)cc1Cl)[C@@H]1CCS(=O)(=O)C1. The standard InChI is InChI=1S/C12H12Cl3NO3S/c13-6-12(17)16(9-3-4-20(18,19)7-9)11-2-1-8(14)5-10(11)15/h1-2,5,9H,3-4,6-7H2/t9-/m1/s1. The topological polar surface area (TPSA) is 54.5 Å². The molecule has 0 unspecified atom stereocenters. The lowest BCUT2D eigenvalue weighted by atomic mass is 10.2. The normalized spacial score (nSPS) is 20.9. The Morgan fingerprint density at radius 1 is 1.35 bits per heavy atom. The fraction of sp³-hybridized carbons (Fsp3) is 0.417. The molecule has 4 nitrogen and oxygen atoms in total. The molecule has 1 aliphatic heterocycles. The summed E-state index contributed by atoms with van der Waals surface area (Å²) < 4.78 is 23.2. The number of anilines is 1. The number of sulfone groups is 1. The second-order valence-electron chi connectivity index (χ2n) is 4.55. The van der Waals surface area contributed by atoms with Gasteiger partial charge in [-0.25, -0.2) is 8.42 Å². The van der Waals surface area contributed by atoms with Gasteiger partial charge in [-0.3, -0.25) is 4.79 Å². The maximum Gasteiger partial charge on any atom is 0.242 e. The summed E-state index contributed by atoms with van der Waals surface area (Å²) in [5, 5.41) is 0.733. The van der Waals surface area contributed by atoms with Gasteiger partial charge in [0.25, 0.3) is 0 Å². The molecule has 1 saturated heterocycles. The van der Waals surface area contributed by atoms with E-state index < -0.39 is 15.9 Å². The van der Waals surface area contributed by atoms with Crippen molar-refractivity contribution in [2.75, 3.05) is 22.3 Å². The van der Waals surface area contributed by atoms with E-state index in [0.717, 1.165) is 0 Å². The quantitative estimate of drug-likeness (QED) is 0.783. The Hall–Kier alpha value is -0.490. The Labute approximate surface area is 132 Å². The monoisotopic (exact) mass is 355 g/mol. The van der Waals surface area contributed by atoms with Gasteiger partial charge < -0.3 is 4.90 Å². The first-order valence-electron chi connectivity index (χ1n) is 5.87. The van der Waals surface area contributed by atoms with Gasteiger partial charge >= 0.3 is 0 Å². The molecule has 0 aromatic heterocycles. The van der Waals surface area contributed by atoms with E-state index in [1.54, 1.807) is 12.1 Å². The highest BCUT2D eigenvalue weighted by Gasteiger charge is 2.35. The highest BCUT2D eigenvalue weighted by Crippen LogP contribution is 2.33. The first kappa shape index (κ1) is 15.9. The van der Waals surface area contributed by atoms with Gasteiger partial charge in [0.15, 0.2) is 9.84 Å². The van der Waals surface area contributed by atoms with Gasteiger partial charge in [-0.2, -0.15) is 0 Å². The summed E-state index contributed by atoms with van der Waals surface area (Å²) in [6.07, 6.45) is 0.379. The molecule has 1 atom stereocenters. The Morgan fingerprint density at radius 2 is 2.05 bits per heavy atom. The zero-order chi connectivity index (χ0) is 14.9. The molecular weight excluding hydrogens is 345 g/mol. The summed E-state index contributed by atoms with van der Waals surface area (Å²) in [7, 11) is -3.12. The van der Waals surface area contributed by atoms with Gasteiger partial charge in [0.1, 0.15) is 5.88 Å². The number of hydrogen-bond donors (Lipinski definition) is 0. The zero-order valence-corrected chi connectivity index (χ0v) is 13.4. The first-order chi connectivity index (χ1) is 9.34. The predicted octanol–water partition coefficient (Wildman–Crippen LogP) is 2.75. The summed E-state index contributed by atoms with van der Waals surface area (Å²) in [5.74, 6) is -0.628. The molecular formula is C12H12Cl3NO3S. The van der Waals surface area contributed by atoms with Gasteiger partial charge in [0.2, 0.25) is 5.91 Å². The third-order valence-electron chi connectivity index (χ3n) is 3.13. The molecule has 2 rings (SSSR count). The molecule has 1 fully saturated rings. The third kappa shape index (κ3) is 3.39. The Kier molecular flexibility index (Phi) is 4.84. The van der Waals surface area contributed by atoms with Crippen molar-refractivity contribution < 1.29 is 13.2 Å². The van der Waals surface area contributed by atoms with Crippen LogP contribution in [0, 0.1) is 0 Å². The summed E-state index contributed by atoms with van der Waals surface area (Å²) in [4.78, 5) is 13.4. The minimum atomic E-state index is -3.12. The lowest BCUT2D eigenvalue weighted by Crippen LogP contribution is -2.42. The molecule has 8 heteroatoms. The number of hydrogen-bond acceptors (Lipinski definition) is 3. The van der Waals surface area contributed by atoms with Crippen LogP contribution in [-0.2, 0) is 14.6 Å². The molecule has 1 aromatic rings. The highest BCUT2D eigenvalue weighted by atomic mass is 35.5. The van der Waals surface area contributed by atoms with Crippen molar-refractivity contribution in [3.63, 3.8) is 0 Å². The van der Waals surface area contributed by atoms with Crippen LogP contribution < -0.4 is 4.90 Å². The molecule has 0 saturated carbocycles. The number of amides is 1. The van der Waals surface area contributed by atoms with Crippen LogP contribution in [0.15, 0.2) is 18.2 Å². The first-order valence-corrected chi connectivity index (χ1v) is 8.99. The van der Waals surface area contributed by atoms with Crippen molar-refractivity contribution in [2.24, 2.45) is 0 Å². The molecule has 0 bridgehead atoms. The van der Waals surface area contributed by atoms with Crippen molar-refractivity contribution in [3.8, 4) is 0 Å². The van der Waals surface area contributed by atoms with Crippen LogP contribution >= 0.6 is 34.8 Å². The molecule has 1 aromatic carbocycles. The van der Waals surface area contributed by atoms with Crippen molar-refractivity contribution in [1.82, 2.24) is 0 Å². The lowest BCUT2D eigenvalue weighted by Gasteiger charge is -2.28. The molecule has 1 heterocycles. The Morgan fingerprint density at radius 3 is 2.55 bits per heavy atom. The fourth-order valence-corrected chi connectivity index (χ4v) is 4.58. The second kappa shape index (κ2) is 6.10. The average molecular weight is 357 g/mol. The van der Waals surface area contributed by atoms with Crippen molar-refractivity contribution in [1.29, 1.82) is 0 Å². The minimum absolute atomic E-state index is 0.0644. The maximum atomic E-state index is 12.1. The number of carbonyl (C=O) groups is 1. The van der Waals surface area contributed by atoms with E-state index in [4.69, 9.17) is 34.8 Å². The Bertz CT molecular complexity index is 633. The summed E-state index contributed by atoms with van der Waals surface area (Å²) in [6, 6.07) is 4.27. The van der Waals surface area contributed by atoms with Crippen LogP contribution in [0.2, 0.25) is 10.0 Å². The smallest absolute Gasteiger partial charge is 0.242 e. The number of alkyl halides is 1. The van der Waals surface area contributed by atoms with E-state index in [1.165, 1.54) is 11.0 Å². The van der Waals surface area contributed by atoms with Gasteiger partial charge in [0, 0.05) is 5.02 Å². The fourth-order valence-electron chi connectivity index (χ4n) is 2.25.